The molecular formula is C16H17N3O6S. The van der Waals surface area contributed by atoms with E-state index in [2.05, 4.69) is 5.16 Å². The van der Waals surface area contributed by atoms with E-state index in [1.807, 2.05) is 0 Å². The van der Waals surface area contributed by atoms with Gasteiger partial charge in [-0.05, 0) is 31.2 Å². The summed E-state index contributed by atoms with van der Waals surface area (Å²) in [5, 5.41) is 12.6. The van der Waals surface area contributed by atoms with E-state index in [4.69, 9.17) is 9.63 Å². The van der Waals surface area contributed by atoms with Gasteiger partial charge in [0.25, 0.3) is 5.91 Å². The van der Waals surface area contributed by atoms with Gasteiger partial charge in [-0.1, -0.05) is 5.16 Å². The van der Waals surface area contributed by atoms with Crippen molar-refractivity contribution in [1.82, 2.24) is 14.4 Å². The minimum absolute atomic E-state index is 0.0155. The summed E-state index contributed by atoms with van der Waals surface area (Å²) in [5.41, 5.74) is 0.612. The van der Waals surface area contributed by atoms with Crippen LogP contribution in [0.3, 0.4) is 0 Å². The summed E-state index contributed by atoms with van der Waals surface area (Å²) < 4.78 is 31.6. The highest BCUT2D eigenvalue weighted by molar-refractivity contribution is 7.89. The standard InChI is InChI=1S/C16H17N3O6S/c1-11-10-14(25-17-11)15(20)18-6-8-19(9-7-18)26(23,24)13-4-2-12(3-5-13)16(21)22/h2-5,10H,6-9H2,1H3,(H,21,22). The second kappa shape index (κ2) is 6.89. The summed E-state index contributed by atoms with van der Waals surface area (Å²) >= 11 is 0. The average molecular weight is 379 g/mol. The van der Waals surface area contributed by atoms with E-state index in [-0.39, 0.29) is 48.3 Å². The van der Waals surface area contributed by atoms with Gasteiger partial charge < -0.3 is 14.5 Å². The number of aromatic nitrogens is 1. The van der Waals surface area contributed by atoms with Crippen molar-refractivity contribution in [2.45, 2.75) is 11.8 Å². The van der Waals surface area contributed by atoms with Gasteiger partial charge in [-0.15, -0.1) is 0 Å². The van der Waals surface area contributed by atoms with E-state index in [1.54, 1.807) is 6.92 Å². The Bertz CT molecular complexity index is 927. The van der Waals surface area contributed by atoms with Gasteiger partial charge in [0.2, 0.25) is 15.8 Å². The highest BCUT2D eigenvalue weighted by Gasteiger charge is 2.31. The number of benzene rings is 1. The van der Waals surface area contributed by atoms with Crippen LogP contribution in [-0.4, -0.2) is 65.9 Å². The number of carbonyl (C=O) groups is 2. The van der Waals surface area contributed by atoms with E-state index < -0.39 is 16.0 Å². The molecule has 0 saturated carbocycles. The smallest absolute Gasteiger partial charge is 0.335 e. The summed E-state index contributed by atoms with van der Waals surface area (Å²) in [7, 11) is -3.75. The fourth-order valence-corrected chi connectivity index (χ4v) is 4.09. The van der Waals surface area contributed by atoms with Crippen LogP contribution >= 0.6 is 0 Å². The lowest BCUT2D eigenvalue weighted by Crippen LogP contribution is -2.50. The molecule has 2 aromatic rings. The number of carboxylic acid groups (broad SMARTS) is 1. The fraction of sp³-hybridized carbons (Fsp3) is 0.312. The molecule has 1 aliphatic rings. The zero-order chi connectivity index (χ0) is 18.9. The molecule has 3 rings (SSSR count). The van der Waals surface area contributed by atoms with Gasteiger partial charge >= 0.3 is 5.97 Å². The lowest BCUT2D eigenvalue weighted by molar-refractivity contribution is 0.0655. The van der Waals surface area contributed by atoms with Crippen LogP contribution in [0.4, 0.5) is 0 Å². The molecule has 0 atom stereocenters. The van der Waals surface area contributed by atoms with Crippen LogP contribution in [0.1, 0.15) is 26.6 Å². The van der Waals surface area contributed by atoms with Crippen molar-refractivity contribution in [3.63, 3.8) is 0 Å². The van der Waals surface area contributed by atoms with Crippen LogP contribution in [0, 0.1) is 6.92 Å². The van der Waals surface area contributed by atoms with Gasteiger partial charge in [0.15, 0.2) is 0 Å². The van der Waals surface area contributed by atoms with Crippen molar-refractivity contribution in [3.05, 3.63) is 47.3 Å². The SMILES string of the molecule is Cc1cc(C(=O)N2CCN(S(=O)(=O)c3ccc(C(=O)O)cc3)CC2)on1. The molecule has 1 aromatic heterocycles. The van der Waals surface area contributed by atoms with E-state index in [0.29, 0.717) is 5.69 Å². The predicted molar refractivity (Wildman–Crippen MR) is 89.3 cm³/mol. The second-order valence-corrected chi connectivity index (χ2v) is 7.80. The first-order valence-corrected chi connectivity index (χ1v) is 9.29. The maximum Gasteiger partial charge on any atom is 0.335 e. The highest BCUT2D eigenvalue weighted by atomic mass is 32.2. The molecule has 0 radical (unpaired) electrons. The molecule has 0 aliphatic carbocycles. The highest BCUT2D eigenvalue weighted by Crippen LogP contribution is 2.19. The molecule has 1 aromatic carbocycles. The Balaban J connectivity index is 1.68. The number of sulfonamides is 1. The summed E-state index contributed by atoms with van der Waals surface area (Å²) in [6.07, 6.45) is 0. The van der Waals surface area contributed by atoms with Crippen molar-refractivity contribution >= 4 is 21.9 Å². The number of nitrogens with zero attached hydrogens (tertiary/aromatic N) is 3. The van der Waals surface area contributed by atoms with Crippen molar-refractivity contribution in [1.29, 1.82) is 0 Å². The van der Waals surface area contributed by atoms with Crippen molar-refractivity contribution in [3.8, 4) is 0 Å². The van der Waals surface area contributed by atoms with Crippen molar-refractivity contribution in [2.75, 3.05) is 26.2 Å². The predicted octanol–water partition coefficient (Wildman–Crippen LogP) is 0.828. The second-order valence-electron chi connectivity index (χ2n) is 5.86. The topological polar surface area (TPSA) is 121 Å². The molecule has 2 heterocycles. The zero-order valence-corrected chi connectivity index (χ0v) is 14.8. The van der Waals surface area contributed by atoms with E-state index >= 15 is 0 Å². The third-order valence-corrected chi connectivity index (χ3v) is 6.02. The molecule has 26 heavy (non-hydrogen) atoms. The van der Waals surface area contributed by atoms with Crippen molar-refractivity contribution < 1.29 is 27.6 Å². The van der Waals surface area contributed by atoms with E-state index in [0.717, 1.165) is 0 Å². The molecule has 0 spiro atoms. The van der Waals surface area contributed by atoms with Gasteiger partial charge in [0.1, 0.15) is 0 Å². The van der Waals surface area contributed by atoms with Crippen molar-refractivity contribution in [2.24, 2.45) is 0 Å². The molecule has 1 fully saturated rings. The van der Waals surface area contributed by atoms with E-state index in [9.17, 15) is 18.0 Å². The van der Waals surface area contributed by atoms with Gasteiger partial charge in [0, 0.05) is 32.2 Å². The molecule has 10 heteroatoms. The maximum absolute atomic E-state index is 12.7. The number of hydrogen-bond donors (Lipinski definition) is 1. The summed E-state index contributed by atoms with van der Waals surface area (Å²) in [5.74, 6) is -1.32. The van der Waals surface area contributed by atoms with Crippen LogP contribution in [-0.2, 0) is 10.0 Å². The Morgan fingerprint density at radius 2 is 1.73 bits per heavy atom. The molecule has 0 bridgehead atoms. The summed E-state index contributed by atoms with van der Waals surface area (Å²) in [6.45, 7) is 2.44. The zero-order valence-electron chi connectivity index (χ0n) is 14.0. The van der Waals surface area contributed by atoms with Crippen LogP contribution in [0.5, 0.6) is 0 Å². The van der Waals surface area contributed by atoms with E-state index in [1.165, 1.54) is 39.5 Å². The normalized spacial score (nSPS) is 15.8. The molecule has 0 unspecified atom stereocenters. The fourth-order valence-electron chi connectivity index (χ4n) is 2.67. The Hall–Kier alpha value is -2.72. The lowest BCUT2D eigenvalue weighted by Gasteiger charge is -2.33. The van der Waals surface area contributed by atoms with Gasteiger partial charge in [-0.25, -0.2) is 13.2 Å². The monoisotopic (exact) mass is 379 g/mol. The Labute approximate surface area is 149 Å². The first kappa shape index (κ1) is 18.1. The number of carboxylic acids is 1. The molecule has 1 N–H and O–H groups in total. The van der Waals surface area contributed by atoms with Gasteiger partial charge in [0.05, 0.1) is 16.2 Å². The number of carbonyl (C=O) groups excluding carboxylic acids is 1. The minimum atomic E-state index is -3.75. The number of rotatable bonds is 4. The Morgan fingerprint density at radius 1 is 1.12 bits per heavy atom. The largest absolute Gasteiger partial charge is 0.478 e. The molecule has 1 saturated heterocycles. The van der Waals surface area contributed by atoms with Crippen LogP contribution in [0.25, 0.3) is 0 Å². The third-order valence-electron chi connectivity index (χ3n) is 4.10. The average Bonchev–Trinajstić information content (AvgIpc) is 3.07. The number of piperazine rings is 1. The molecule has 138 valence electrons. The van der Waals surface area contributed by atoms with Crippen LogP contribution in [0.2, 0.25) is 0 Å². The van der Waals surface area contributed by atoms with Gasteiger partial charge in [-0.2, -0.15) is 4.31 Å². The molecule has 1 amide bonds. The molecule has 9 nitrogen and oxygen atoms in total. The maximum atomic E-state index is 12.7. The van der Waals surface area contributed by atoms with Crippen LogP contribution in [0.15, 0.2) is 39.8 Å². The number of aryl methyl sites for hydroxylation is 1. The number of aromatic carboxylic acids is 1. The quantitative estimate of drug-likeness (QED) is 0.835. The first-order chi connectivity index (χ1) is 12.3. The first-order valence-electron chi connectivity index (χ1n) is 7.85. The third kappa shape index (κ3) is 3.46. The molecule has 1 aliphatic heterocycles. The lowest BCUT2D eigenvalue weighted by atomic mass is 10.2. The number of amides is 1. The number of hydrogen-bond acceptors (Lipinski definition) is 6. The summed E-state index contributed by atoms with van der Waals surface area (Å²) in [4.78, 5) is 24.7. The summed E-state index contributed by atoms with van der Waals surface area (Å²) in [6, 6.07) is 6.58. The van der Waals surface area contributed by atoms with Crippen LogP contribution < -0.4 is 0 Å². The molecular weight excluding hydrogens is 362 g/mol. The van der Waals surface area contributed by atoms with Gasteiger partial charge in [-0.3, -0.25) is 4.79 Å². The Morgan fingerprint density at radius 3 is 2.23 bits per heavy atom. The Kier molecular flexibility index (Phi) is 4.79. The minimum Gasteiger partial charge on any atom is -0.478 e.